The summed E-state index contributed by atoms with van der Waals surface area (Å²) in [7, 11) is 0. The highest BCUT2D eigenvalue weighted by Crippen LogP contribution is 2.40. The van der Waals surface area contributed by atoms with Crippen molar-refractivity contribution in [3.63, 3.8) is 0 Å². The second-order valence-electron chi connectivity index (χ2n) is 5.41. The van der Waals surface area contributed by atoms with Gasteiger partial charge in [-0.1, -0.05) is 13.8 Å². The predicted octanol–water partition coefficient (Wildman–Crippen LogP) is 1.94. The van der Waals surface area contributed by atoms with Crippen LogP contribution in [-0.4, -0.2) is 24.8 Å². The number of hydrogen-bond acceptors (Lipinski definition) is 2. The first-order valence-electron chi connectivity index (χ1n) is 5.44. The molecule has 0 aromatic carbocycles. The molecular formula is C11H21NO. The molecule has 2 aliphatic rings. The van der Waals surface area contributed by atoms with Crippen LogP contribution in [0.1, 0.15) is 40.0 Å². The van der Waals surface area contributed by atoms with Gasteiger partial charge in [0.2, 0.25) is 0 Å². The van der Waals surface area contributed by atoms with Gasteiger partial charge in [-0.3, -0.25) is 0 Å². The van der Waals surface area contributed by atoms with E-state index in [4.69, 9.17) is 4.74 Å². The van der Waals surface area contributed by atoms with Gasteiger partial charge >= 0.3 is 0 Å². The van der Waals surface area contributed by atoms with E-state index < -0.39 is 0 Å². The molecule has 0 aromatic rings. The Morgan fingerprint density at radius 3 is 2.46 bits per heavy atom. The van der Waals surface area contributed by atoms with Crippen molar-refractivity contribution >= 4 is 0 Å². The minimum atomic E-state index is 0.420. The fourth-order valence-corrected chi connectivity index (χ4v) is 2.65. The van der Waals surface area contributed by atoms with Gasteiger partial charge in [0, 0.05) is 18.7 Å². The lowest BCUT2D eigenvalue weighted by Crippen LogP contribution is -2.51. The molecule has 1 N–H and O–H groups in total. The van der Waals surface area contributed by atoms with Gasteiger partial charge in [0.05, 0.1) is 6.10 Å². The van der Waals surface area contributed by atoms with Crippen molar-refractivity contribution in [1.29, 1.82) is 0 Å². The molecule has 1 aliphatic carbocycles. The Morgan fingerprint density at radius 1 is 1.31 bits per heavy atom. The molecule has 0 bridgehead atoms. The van der Waals surface area contributed by atoms with Crippen LogP contribution in [0.2, 0.25) is 0 Å². The van der Waals surface area contributed by atoms with Crippen molar-refractivity contribution in [3.8, 4) is 0 Å². The van der Waals surface area contributed by atoms with Gasteiger partial charge in [-0.15, -0.1) is 0 Å². The second kappa shape index (κ2) is 3.25. The van der Waals surface area contributed by atoms with Crippen LogP contribution in [0, 0.1) is 5.41 Å². The zero-order chi connectivity index (χ0) is 9.47. The molecule has 2 heteroatoms. The van der Waals surface area contributed by atoms with E-state index in [-0.39, 0.29) is 0 Å². The van der Waals surface area contributed by atoms with Crippen LogP contribution in [0.15, 0.2) is 0 Å². The summed E-state index contributed by atoms with van der Waals surface area (Å²) in [5.74, 6) is 0. The molecule has 2 atom stereocenters. The molecule has 2 unspecified atom stereocenters. The van der Waals surface area contributed by atoms with Crippen molar-refractivity contribution in [2.45, 2.75) is 58.2 Å². The average Bonchev–Trinajstić information content (AvgIpc) is 2.33. The summed E-state index contributed by atoms with van der Waals surface area (Å²) in [6.07, 6.45) is 4.27. The Hall–Kier alpha value is -0.0800. The van der Waals surface area contributed by atoms with Gasteiger partial charge in [0.25, 0.3) is 0 Å². The third-order valence-electron chi connectivity index (χ3n) is 3.42. The maximum Gasteiger partial charge on any atom is 0.0700 e. The van der Waals surface area contributed by atoms with E-state index in [9.17, 15) is 0 Å². The van der Waals surface area contributed by atoms with Crippen LogP contribution < -0.4 is 5.32 Å². The summed E-state index contributed by atoms with van der Waals surface area (Å²) in [5, 5.41) is 3.70. The fraction of sp³-hybridized carbons (Fsp3) is 1.00. The molecule has 2 fully saturated rings. The van der Waals surface area contributed by atoms with E-state index in [0.717, 1.165) is 12.6 Å². The van der Waals surface area contributed by atoms with E-state index in [2.05, 4.69) is 26.1 Å². The summed E-state index contributed by atoms with van der Waals surface area (Å²) in [5.41, 5.74) is 0.584. The van der Waals surface area contributed by atoms with Crippen molar-refractivity contribution in [1.82, 2.24) is 5.32 Å². The summed E-state index contributed by atoms with van der Waals surface area (Å²) in [6, 6.07) is 1.37. The largest absolute Gasteiger partial charge is 0.377 e. The number of ether oxygens (including phenoxy) is 1. The van der Waals surface area contributed by atoms with E-state index in [0.29, 0.717) is 17.6 Å². The maximum atomic E-state index is 5.52. The van der Waals surface area contributed by atoms with Gasteiger partial charge < -0.3 is 10.1 Å². The third kappa shape index (κ3) is 2.05. The Kier molecular flexibility index (Phi) is 2.37. The molecule has 0 spiro atoms. The van der Waals surface area contributed by atoms with Gasteiger partial charge in [0.1, 0.15) is 0 Å². The lowest BCUT2D eigenvalue weighted by molar-refractivity contribution is 0.0828. The molecule has 0 aromatic heterocycles. The average molecular weight is 183 g/mol. The van der Waals surface area contributed by atoms with Gasteiger partial charge in [-0.2, -0.15) is 0 Å². The Morgan fingerprint density at radius 2 is 2.00 bits per heavy atom. The lowest BCUT2D eigenvalue weighted by atomic mass is 9.68. The molecule has 0 radical (unpaired) electrons. The highest BCUT2D eigenvalue weighted by atomic mass is 16.5. The van der Waals surface area contributed by atoms with E-state index in [1.165, 1.54) is 19.3 Å². The van der Waals surface area contributed by atoms with E-state index in [1.807, 2.05) is 0 Å². The highest BCUT2D eigenvalue weighted by Gasteiger charge is 2.38. The zero-order valence-electron chi connectivity index (χ0n) is 8.97. The first kappa shape index (κ1) is 9.47. The molecule has 0 amide bonds. The SMILES string of the molecule is CC1OCCC1NC1CC(C)(C)C1. The topological polar surface area (TPSA) is 21.3 Å². The Balaban J connectivity index is 1.74. The van der Waals surface area contributed by atoms with E-state index >= 15 is 0 Å². The molecule has 1 heterocycles. The van der Waals surface area contributed by atoms with Crippen molar-refractivity contribution in [2.24, 2.45) is 5.41 Å². The highest BCUT2D eigenvalue weighted by molar-refractivity contribution is 4.94. The molecule has 13 heavy (non-hydrogen) atoms. The summed E-state index contributed by atoms with van der Waals surface area (Å²) in [4.78, 5) is 0. The molecule has 1 saturated heterocycles. The fourth-order valence-electron chi connectivity index (χ4n) is 2.65. The van der Waals surface area contributed by atoms with Gasteiger partial charge in [-0.05, 0) is 31.6 Å². The minimum absolute atomic E-state index is 0.420. The third-order valence-corrected chi connectivity index (χ3v) is 3.42. The van der Waals surface area contributed by atoms with E-state index in [1.54, 1.807) is 0 Å². The number of rotatable bonds is 2. The van der Waals surface area contributed by atoms with Crippen LogP contribution in [0.3, 0.4) is 0 Å². The quantitative estimate of drug-likeness (QED) is 0.706. The maximum absolute atomic E-state index is 5.52. The molecule has 2 rings (SSSR count). The summed E-state index contributed by atoms with van der Waals surface area (Å²) >= 11 is 0. The van der Waals surface area contributed by atoms with Crippen LogP contribution in [-0.2, 0) is 4.74 Å². The molecule has 2 nitrogen and oxygen atoms in total. The van der Waals surface area contributed by atoms with Crippen molar-refractivity contribution < 1.29 is 4.74 Å². The minimum Gasteiger partial charge on any atom is -0.377 e. The Bertz CT molecular complexity index is 183. The van der Waals surface area contributed by atoms with Crippen LogP contribution in [0.5, 0.6) is 0 Å². The molecule has 1 aliphatic heterocycles. The first-order valence-corrected chi connectivity index (χ1v) is 5.44. The number of nitrogens with one attached hydrogen (secondary N) is 1. The smallest absolute Gasteiger partial charge is 0.0700 e. The summed E-state index contributed by atoms with van der Waals surface area (Å²) in [6.45, 7) is 7.81. The zero-order valence-corrected chi connectivity index (χ0v) is 8.97. The normalized spacial score (nSPS) is 39.0. The monoisotopic (exact) mass is 183 g/mol. The van der Waals surface area contributed by atoms with Crippen molar-refractivity contribution in [2.75, 3.05) is 6.61 Å². The lowest BCUT2D eigenvalue weighted by Gasteiger charge is -2.44. The first-order chi connectivity index (χ1) is 6.07. The number of hydrogen-bond donors (Lipinski definition) is 1. The van der Waals surface area contributed by atoms with Crippen molar-refractivity contribution in [3.05, 3.63) is 0 Å². The van der Waals surface area contributed by atoms with Crippen LogP contribution >= 0.6 is 0 Å². The standard InChI is InChI=1S/C11H21NO/c1-8-10(4-5-13-8)12-9-6-11(2,3)7-9/h8-10,12H,4-7H2,1-3H3. The summed E-state index contributed by atoms with van der Waals surface area (Å²) < 4.78 is 5.52. The predicted molar refractivity (Wildman–Crippen MR) is 53.8 cm³/mol. The van der Waals surface area contributed by atoms with Crippen LogP contribution in [0.4, 0.5) is 0 Å². The van der Waals surface area contributed by atoms with Crippen LogP contribution in [0.25, 0.3) is 0 Å². The molecule has 1 saturated carbocycles. The van der Waals surface area contributed by atoms with Gasteiger partial charge in [0.15, 0.2) is 0 Å². The second-order valence-corrected chi connectivity index (χ2v) is 5.41. The Labute approximate surface area is 81.0 Å². The molecular weight excluding hydrogens is 162 g/mol. The van der Waals surface area contributed by atoms with Gasteiger partial charge in [-0.25, -0.2) is 0 Å². The molecule has 76 valence electrons.